The van der Waals surface area contributed by atoms with E-state index in [2.05, 4.69) is 44.7 Å². The molecule has 1 unspecified atom stereocenters. The van der Waals surface area contributed by atoms with Crippen molar-refractivity contribution in [2.75, 3.05) is 26.7 Å². The number of nitrogens with zero attached hydrogens (tertiary/aromatic N) is 3. The van der Waals surface area contributed by atoms with Gasteiger partial charge in [0.05, 0.1) is 12.2 Å². The molecule has 1 aliphatic carbocycles. The van der Waals surface area contributed by atoms with E-state index >= 15 is 0 Å². The lowest BCUT2D eigenvalue weighted by atomic mass is 10.1. The molecule has 0 aromatic carbocycles. The van der Waals surface area contributed by atoms with Crippen molar-refractivity contribution in [2.45, 2.75) is 51.6 Å². The third-order valence-electron chi connectivity index (χ3n) is 4.73. The summed E-state index contributed by atoms with van der Waals surface area (Å²) in [6.45, 7) is 8.64. The lowest BCUT2D eigenvalue weighted by Crippen LogP contribution is -2.40. The van der Waals surface area contributed by atoms with Gasteiger partial charge in [0.2, 0.25) is 0 Å². The molecule has 1 saturated carbocycles. The summed E-state index contributed by atoms with van der Waals surface area (Å²) in [6, 6.07) is 0.900. The molecule has 136 valence electrons. The molecular formula is C17H30IN5S. The lowest BCUT2D eigenvalue weighted by Gasteiger charge is -2.16. The molecule has 2 fully saturated rings. The molecular weight excluding hydrogens is 433 g/mol. The maximum atomic E-state index is 4.66. The Morgan fingerprint density at radius 1 is 1.38 bits per heavy atom. The van der Waals surface area contributed by atoms with Gasteiger partial charge in [-0.25, -0.2) is 4.98 Å². The van der Waals surface area contributed by atoms with Gasteiger partial charge in [-0.1, -0.05) is 13.8 Å². The van der Waals surface area contributed by atoms with E-state index in [-0.39, 0.29) is 24.0 Å². The summed E-state index contributed by atoms with van der Waals surface area (Å²) in [6.07, 6.45) is 4.13. The summed E-state index contributed by atoms with van der Waals surface area (Å²) >= 11 is 1.72. The Morgan fingerprint density at radius 2 is 2.17 bits per heavy atom. The minimum atomic E-state index is 0. The van der Waals surface area contributed by atoms with Crippen molar-refractivity contribution in [1.29, 1.82) is 0 Å². The van der Waals surface area contributed by atoms with E-state index in [1.165, 1.54) is 38.0 Å². The Kier molecular flexibility index (Phi) is 7.74. The van der Waals surface area contributed by atoms with E-state index in [9.17, 15) is 0 Å². The second-order valence-electron chi connectivity index (χ2n) is 7.01. The average Bonchev–Trinajstić information content (AvgIpc) is 3.10. The SMILES string of the molecule is CN=C(NCc1nc(C(C)C)cs1)NCC1CCN(C2CC2)C1.I. The van der Waals surface area contributed by atoms with Crippen LogP contribution in [-0.4, -0.2) is 48.6 Å². The molecule has 0 bridgehead atoms. The van der Waals surface area contributed by atoms with Crippen LogP contribution in [0.1, 0.15) is 49.7 Å². The fraction of sp³-hybridized carbons (Fsp3) is 0.765. The van der Waals surface area contributed by atoms with Crippen LogP contribution in [-0.2, 0) is 6.54 Å². The van der Waals surface area contributed by atoms with E-state index < -0.39 is 0 Å². The van der Waals surface area contributed by atoms with Gasteiger partial charge in [-0.05, 0) is 37.6 Å². The average molecular weight is 463 g/mol. The van der Waals surface area contributed by atoms with Crippen molar-refractivity contribution in [3.05, 3.63) is 16.1 Å². The number of hydrogen-bond acceptors (Lipinski definition) is 4. The number of aliphatic imine (C=N–C) groups is 1. The summed E-state index contributed by atoms with van der Waals surface area (Å²) in [5, 5.41) is 10.1. The predicted molar refractivity (Wildman–Crippen MR) is 113 cm³/mol. The lowest BCUT2D eigenvalue weighted by molar-refractivity contribution is 0.314. The van der Waals surface area contributed by atoms with Crippen LogP contribution in [0.25, 0.3) is 0 Å². The van der Waals surface area contributed by atoms with Gasteiger partial charge < -0.3 is 15.5 Å². The normalized spacial score (nSPS) is 21.8. The molecule has 2 heterocycles. The number of hydrogen-bond donors (Lipinski definition) is 2. The highest BCUT2D eigenvalue weighted by Crippen LogP contribution is 2.31. The van der Waals surface area contributed by atoms with Gasteiger partial charge >= 0.3 is 0 Å². The second-order valence-corrected chi connectivity index (χ2v) is 7.95. The smallest absolute Gasteiger partial charge is 0.191 e. The van der Waals surface area contributed by atoms with E-state index in [0.717, 1.165) is 36.0 Å². The zero-order valence-electron chi connectivity index (χ0n) is 14.9. The van der Waals surface area contributed by atoms with E-state index in [0.29, 0.717) is 5.92 Å². The number of likely N-dealkylation sites (tertiary alicyclic amines) is 1. The molecule has 0 radical (unpaired) electrons. The third kappa shape index (κ3) is 5.56. The Labute approximate surface area is 166 Å². The number of aromatic nitrogens is 1. The maximum Gasteiger partial charge on any atom is 0.191 e. The summed E-state index contributed by atoms with van der Waals surface area (Å²) in [4.78, 5) is 11.6. The first-order valence-electron chi connectivity index (χ1n) is 8.78. The number of thiazole rings is 1. The summed E-state index contributed by atoms with van der Waals surface area (Å²) in [5.74, 6) is 2.13. The monoisotopic (exact) mass is 463 g/mol. The number of rotatable bonds is 6. The van der Waals surface area contributed by atoms with Crippen molar-refractivity contribution in [1.82, 2.24) is 20.5 Å². The topological polar surface area (TPSA) is 52.6 Å². The molecule has 0 amide bonds. The Morgan fingerprint density at radius 3 is 2.79 bits per heavy atom. The zero-order valence-corrected chi connectivity index (χ0v) is 18.1. The number of nitrogens with one attached hydrogen (secondary N) is 2. The summed E-state index contributed by atoms with van der Waals surface area (Å²) in [5.41, 5.74) is 1.18. The van der Waals surface area contributed by atoms with Crippen LogP contribution < -0.4 is 10.6 Å². The molecule has 1 aliphatic heterocycles. The van der Waals surface area contributed by atoms with Gasteiger partial charge in [0.25, 0.3) is 0 Å². The van der Waals surface area contributed by atoms with Crippen molar-refractivity contribution in [2.24, 2.45) is 10.9 Å². The first-order valence-corrected chi connectivity index (χ1v) is 9.66. The van der Waals surface area contributed by atoms with E-state index in [4.69, 9.17) is 0 Å². The highest BCUT2D eigenvalue weighted by Gasteiger charge is 2.34. The standard InChI is InChI=1S/C17H29N5S.HI/c1-12(2)15-11-23-16(21-15)9-20-17(18-3)19-8-13-6-7-22(10-13)14-4-5-14;/h11-14H,4-10H2,1-3H3,(H2,18,19,20);1H. The van der Waals surface area contributed by atoms with Gasteiger partial charge in [-0.2, -0.15) is 0 Å². The van der Waals surface area contributed by atoms with Crippen LogP contribution >= 0.6 is 35.3 Å². The van der Waals surface area contributed by atoms with Crippen LogP contribution in [0.2, 0.25) is 0 Å². The van der Waals surface area contributed by atoms with Crippen LogP contribution in [0.5, 0.6) is 0 Å². The summed E-state index contributed by atoms with van der Waals surface area (Å²) in [7, 11) is 1.84. The molecule has 2 N–H and O–H groups in total. The van der Waals surface area contributed by atoms with E-state index in [1.807, 2.05) is 7.05 Å². The van der Waals surface area contributed by atoms with Crippen molar-refractivity contribution < 1.29 is 0 Å². The number of guanidine groups is 1. The van der Waals surface area contributed by atoms with Crippen molar-refractivity contribution in [3.63, 3.8) is 0 Å². The van der Waals surface area contributed by atoms with Crippen LogP contribution in [0, 0.1) is 5.92 Å². The second kappa shape index (κ2) is 9.33. The molecule has 2 aliphatic rings. The highest BCUT2D eigenvalue weighted by atomic mass is 127. The Hall–Kier alpha value is -0.410. The fourth-order valence-electron chi connectivity index (χ4n) is 3.09. The van der Waals surface area contributed by atoms with Crippen molar-refractivity contribution >= 4 is 41.3 Å². The third-order valence-corrected chi connectivity index (χ3v) is 5.60. The predicted octanol–water partition coefficient (Wildman–Crippen LogP) is 3.03. The van der Waals surface area contributed by atoms with Crippen LogP contribution in [0.3, 0.4) is 0 Å². The minimum Gasteiger partial charge on any atom is -0.356 e. The quantitative estimate of drug-likeness (QED) is 0.387. The number of halogens is 1. The largest absolute Gasteiger partial charge is 0.356 e. The molecule has 0 spiro atoms. The van der Waals surface area contributed by atoms with Gasteiger partial charge in [-0.15, -0.1) is 35.3 Å². The minimum absolute atomic E-state index is 0. The molecule has 5 nitrogen and oxygen atoms in total. The molecule has 1 aromatic rings. The first-order chi connectivity index (χ1) is 11.2. The first kappa shape index (κ1) is 19.9. The molecule has 1 saturated heterocycles. The fourth-order valence-corrected chi connectivity index (χ4v) is 3.99. The van der Waals surface area contributed by atoms with Gasteiger partial charge in [0.15, 0.2) is 5.96 Å². The van der Waals surface area contributed by atoms with E-state index in [1.54, 1.807) is 11.3 Å². The van der Waals surface area contributed by atoms with Crippen molar-refractivity contribution in [3.8, 4) is 0 Å². The molecule has 3 rings (SSSR count). The van der Waals surface area contributed by atoms with Crippen LogP contribution in [0.4, 0.5) is 0 Å². The Balaban J connectivity index is 0.00000208. The highest BCUT2D eigenvalue weighted by molar-refractivity contribution is 14.0. The van der Waals surface area contributed by atoms with Gasteiger partial charge in [0, 0.05) is 31.6 Å². The molecule has 1 atom stereocenters. The Bertz CT molecular complexity index is 541. The summed E-state index contributed by atoms with van der Waals surface area (Å²) < 4.78 is 0. The maximum absolute atomic E-state index is 4.66. The zero-order chi connectivity index (χ0) is 16.2. The molecule has 1 aromatic heterocycles. The molecule has 24 heavy (non-hydrogen) atoms. The van der Waals surface area contributed by atoms with Gasteiger partial charge in [-0.3, -0.25) is 4.99 Å². The van der Waals surface area contributed by atoms with Crippen LogP contribution in [0.15, 0.2) is 10.4 Å². The van der Waals surface area contributed by atoms with Gasteiger partial charge in [0.1, 0.15) is 5.01 Å². The molecule has 7 heteroatoms.